The highest BCUT2D eigenvalue weighted by Crippen LogP contribution is 2.29. The standard InChI is InChI=1S/C48H63N7O6/c1-31-18-23-38(49-29-31)35-21-19-34(20-22-35)26-37(51-43(57)41(47(3,4)5)53-45(59)61-9)28-40(56)39(27-33-15-11-10-12-16-33)52-44(58)42(48(6,7)8)55-25-24-54(46(55)60)30-36-17-13-14-32(2)50-36/h10-23,29,37,39-42,56H,24-28,30H2,1-9H3,(H,51,57)(H,52,58)(H,53,59). The van der Waals surface area contributed by atoms with E-state index in [9.17, 15) is 24.3 Å². The molecule has 4 aromatic rings. The summed E-state index contributed by atoms with van der Waals surface area (Å²) in [4.78, 5) is 67.5. The number of hydrogen-bond donors (Lipinski definition) is 4. The topological polar surface area (TPSA) is 166 Å². The molecular formula is C48H63N7O6. The number of nitrogens with zero attached hydrogens (tertiary/aromatic N) is 4. The predicted octanol–water partition coefficient (Wildman–Crippen LogP) is 6.39. The summed E-state index contributed by atoms with van der Waals surface area (Å²) in [6.45, 7) is 16.3. The molecular weight excluding hydrogens is 771 g/mol. The Balaban J connectivity index is 1.42. The van der Waals surface area contributed by atoms with Gasteiger partial charge in [0.2, 0.25) is 11.8 Å². The van der Waals surface area contributed by atoms with Crippen LogP contribution in [-0.2, 0) is 33.7 Å². The molecule has 5 atom stereocenters. The quantitative estimate of drug-likeness (QED) is 0.101. The number of pyridine rings is 2. The maximum Gasteiger partial charge on any atom is 0.407 e. The lowest BCUT2D eigenvalue weighted by molar-refractivity contribution is -0.131. The fourth-order valence-electron chi connectivity index (χ4n) is 7.81. The zero-order chi connectivity index (χ0) is 44.5. The first-order chi connectivity index (χ1) is 28.8. The molecule has 2 aromatic carbocycles. The lowest BCUT2D eigenvalue weighted by atomic mass is 9.84. The molecule has 0 spiro atoms. The number of amides is 5. The number of urea groups is 1. The molecule has 5 rings (SSSR count). The van der Waals surface area contributed by atoms with Crippen molar-refractivity contribution in [1.29, 1.82) is 0 Å². The maximum atomic E-state index is 14.6. The molecule has 1 aliphatic heterocycles. The van der Waals surface area contributed by atoms with Crippen molar-refractivity contribution >= 4 is 23.9 Å². The Morgan fingerprint density at radius 2 is 1.48 bits per heavy atom. The van der Waals surface area contributed by atoms with Gasteiger partial charge in [0.25, 0.3) is 0 Å². The van der Waals surface area contributed by atoms with Gasteiger partial charge in [-0.15, -0.1) is 0 Å². The minimum Gasteiger partial charge on any atom is -0.453 e. The zero-order valence-electron chi connectivity index (χ0n) is 37.1. The van der Waals surface area contributed by atoms with Crippen LogP contribution in [0.15, 0.2) is 91.1 Å². The molecule has 0 radical (unpaired) electrons. The minimum absolute atomic E-state index is 0.0555. The van der Waals surface area contributed by atoms with Crippen molar-refractivity contribution in [3.63, 3.8) is 0 Å². The number of carbonyl (C=O) groups excluding carboxylic acids is 4. The van der Waals surface area contributed by atoms with Crippen LogP contribution in [0.4, 0.5) is 9.59 Å². The minimum atomic E-state index is -1.15. The van der Waals surface area contributed by atoms with Gasteiger partial charge in [-0.05, 0) is 78.8 Å². The van der Waals surface area contributed by atoms with Gasteiger partial charge in [-0.3, -0.25) is 19.6 Å². The molecule has 1 fully saturated rings. The van der Waals surface area contributed by atoms with Crippen LogP contribution in [0.25, 0.3) is 11.3 Å². The Morgan fingerprint density at radius 3 is 2.08 bits per heavy atom. The number of hydrogen-bond acceptors (Lipinski definition) is 8. The van der Waals surface area contributed by atoms with Crippen molar-refractivity contribution in [3.8, 4) is 11.3 Å². The average molecular weight is 834 g/mol. The van der Waals surface area contributed by atoms with Crippen LogP contribution in [0.5, 0.6) is 0 Å². The van der Waals surface area contributed by atoms with Gasteiger partial charge in [-0.1, -0.05) is 108 Å². The first-order valence-electron chi connectivity index (χ1n) is 21.0. The Kier molecular flexibility index (Phi) is 15.3. The van der Waals surface area contributed by atoms with Crippen molar-refractivity contribution < 1.29 is 29.0 Å². The number of carbonyl (C=O) groups is 4. The third-order valence-corrected chi connectivity index (χ3v) is 11.0. The number of nitrogens with one attached hydrogen (secondary N) is 3. The molecule has 326 valence electrons. The smallest absolute Gasteiger partial charge is 0.407 e. The monoisotopic (exact) mass is 833 g/mol. The molecule has 13 heteroatoms. The van der Waals surface area contributed by atoms with E-state index < -0.39 is 53.1 Å². The summed E-state index contributed by atoms with van der Waals surface area (Å²) in [5.41, 5.74) is 4.91. The SMILES string of the molecule is COC(=O)NC(C(=O)NC(Cc1ccc(-c2ccc(C)cn2)cc1)CC(O)C(Cc1ccccc1)NC(=O)C(N1CCN(Cc2cccc(C)n2)C1=O)C(C)(C)C)C(C)(C)C. The molecule has 0 saturated carbocycles. The fourth-order valence-corrected chi connectivity index (χ4v) is 7.81. The lowest BCUT2D eigenvalue weighted by Gasteiger charge is -2.38. The summed E-state index contributed by atoms with van der Waals surface area (Å²) < 4.78 is 4.85. The van der Waals surface area contributed by atoms with E-state index in [4.69, 9.17) is 4.74 Å². The van der Waals surface area contributed by atoms with E-state index in [0.29, 0.717) is 26.1 Å². The van der Waals surface area contributed by atoms with E-state index in [2.05, 4.69) is 25.9 Å². The molecule has 1 aliphatic rings. The third-order valence-electron chi connectivity index (χ3n) is 11.0. The number of benzene rings is 2. The average Bonchev–Trinajstić information content (AvgIpc) is 3.54. The van der Waals surface area contributed by atoms with Gasteiger partial charge in [0, 0.05) is 36.6 Å². The molecule has 3 heterocycles. The molecule has 5 unspecified atom stereocenters. The molecule has 0 bridgehead atoms. The molecule has 4 N–H and O–H groups in total. The number of aliphatic hydroxyl groups excluding tert-OH is 1. The molecule has 61 heavy (non-hydrogen) atoms. The summed E-state index contributed by atoms with van der Waals surface area (Å²) in [7, 11) is 1.24. The van der Waals surface area contributed by atoms with Gasteiger partial charge in [0.1, 0.15) is 12.1 Å². The number of rotatable bonds is 16. The zero-order valence-corrected chi connectivity index (χ0v) is 37.1. The van der Waals surface area contributed by atoms with Gasteiger partial charge < -0.3 is 35.6 Å². The van der Waals surface area contributed by atoms with E-state index in [0.717, 1.165) is 39.3 Å². The molecule has 13 nitrogen and oxygen atoms in total. The van der Waals surface area contributed by atoms with Crippen LogP contribution in [0, 0.1) is 24.7 Å². The normalized spacial score (nSPS) is 15.7. The van der Waals surface area contributed by atoms with Gasteiger partial charge >= 0.3 is 12.1 Å². The second-order valence-corrected chi connectivity index (χ2v) is 18.3. The van der Waals surface area contributed by atoms with Gasteiger partial charge in [-0.2, -0.15) is 0 Å². The highest BCUT2D eigenvalue weighted by Gasteiger charge is 2.44. The summed E-state index contributed by atoms with van der Waals surface area (Å²) in [5, 5.41) is 21.2. The number of methoxy groups -OCH3 is 1. The maximum absolute atomic E-state index is 14.6. The summed E-state index contributed by atoms with van der Waals surface area (Å²) in [6, 6.07) is 23.7. The molecule has 1 saturated heterocycles. The van der Waals surface area contributed by atoms with E-state index in [1.165, 1.54) is 7.11 Å². The van der Waals surface area contributed by atoms with Crippen LogP contribution in [0.2, 0.25) is 0 Å². The van der Waals surface area contributed by atoms with E-state index in [-0.39, 0.29) is 24.8 Å². The second-order valence-electron chi connectivity index (χ2n) is 18.3. The summed E-state index contributed by atoms with van der Waals surface area (Å²) in [6.07, 6.45) is 0.616. The van der Waals surface area contributed by atoms with Crippen molar-refractivity contribution in [2.75, 3.05) is 20.2 Å². The number of alkyl carbamates (subject to hydrolysis) is 1. The first kappa shape index (κ1) is 46.2. The number of aliphatic hydroxyl groups is 1. The number of aromatic nitrogens is 2. The highest BCUT2D eigenvalue weighted by molar-refractivity contribution is 5.89. The van der Waals surface area contributed by atoms with Crippen LogP contribution in [0.1, 0.15) is 76.0 Å². The summed E-state index contributed by atoms with van der Waals surface area (Å²) >= 11 is 0. The second kappa shape index (κ2) is 20.2. The van der Waals surface area contributed by atoms with Gasteiger partial charge in [0.05, 0.1) is 37.2 Å². The molecule has 5 amide bonds. The van der Waals surface area contributed by atoms with E-state index in [1.807, 2.05) is 147 Å². The van der Waals surface area contributed by atoms with Crippen LogP contribution >= 0.6 is 0 Å². The molecule has 2 aromatic heterocycles. The van der Waals surface area contributed by atoms with Crippen molar-refractivity contribution in [3.05, 3.63) is 119 Å². The predicted molar refractivity (Wildman–Crippen MR) is 236 cm³/mol. The van der Waals surface area contributed by atoms with Crippen LogP contribution in [0.3, 0.4) is 0 Å². The summed E-state index contributed by atoms with van der Waals surface area (Å²) in [5.74, 6) is -0.822. The Hall–Kier alpha value is -5.82. The Morgan fingerprint density at radius 1 is 0.787 bits per heavy atom. The third kappa shape index (κ3) is 12.8. The van der Waals surface area contributed by atoms with Crippen LogP contribution < -0.4 is 16.0 Å². The largest absolute Gasteiger partial charge is 0.453 e. The molecule has 0 aliphatic carbocycles. The van der Waals surface area contributed by atoms with Gasteiger partial charge in [0.15, 0.2) is 0 Å². The lowest BCUT2D eigenvalue weighted by Crippen LogP contribution is -2.59. The fraction of sp³-hybridized carbons (Fsp3) is 0.458. The van der Waals surface area contributed by atoms with Crippen molar-refractivity contribution in [1.82, 2.24) is 35.7 Å². The number of aryl methyl sites for hydroxylation is 2. The van der Waals surface area contributed by atoms with E-state index in [1.54, 1.807) is 9.80 Å². The first-order valence-corrected chi connectivity index (χ1v) is 21.0. The number of ether oxygens (including phenoxy) is 1. The Labute approximate surface area is 360 Å². The van der Waals surface area contributed by atoms with Crippen LogP contribution in [-0.4, -0.2) is 99.3 Å². The highest BCUT2D eigenvalue weighted by atomic mass is 16.5. The van der Waals surface area contributed by atoms with Crippen molar-refractivity contribution in [2.24, 2.45) is 10.8 Å². The van der Waals surface area contributed by atoms with E-state index >= 15 is 0 Å². The van der Waals surface area contributed by atoms with Gasteiger partial charge in [-0.25, -0.2) is 9.59 Å². The Bertz CT molecular complexity index is 2100. The van der Waals surface area contributed by atoms with Crippen molar-refractivity contribution in [2.45, 2.75) is 111 Å².